The molecule has 42 heavy (non-hydrogen) atoms. The zero-order valence-electron chi connectivity index (χ0n) is 24.7. The molecule has 4 rings (SSSR count). The molecule has 0 unspecified atom stereocenters. The van der Waals surface area contributed by atoms with Gasteiger partial charge in [0.2, 0.25) is 0 Å². The zero-order valence-corrected chi connectivity index (χ0v) is 25.5. The third-order valence-electron chi connectivity index (χ3n) is 8.41. The molecule has 1 heterocycles. The molecule has 0 aromatic heterocycles. The number of ether oxygens (including phenoxy) is 3. The molecule has 1 saturated heterocycles. The molecule has 2 aromatic rings. The number of amides is 1. The van der Waals surface area contributed by atoms with Crippen LogP contribution in [0.5, 0.6) is 5.75 Å². The van der Waals surface area contributed by atoms with Gasteiger partial charge in [0.1, 0.15) is 11.6 Å². The second-order valence-corrected chi connectivity index (χ2v) is 13.3. The number of nitrogens with zero attached hydrogens (tertiary/aromatic N) is 3. The molecule has 12 heteroatoms. The van der Waals surface area contributed by atoms with Crippen molar-refractivity contribution in [1.29, 1.82) is 0 Å². The number of benzene rings is 2. The highest BCUT2D eigenvalue weighted by molar-refractivity contribution is 7.86. The summed E-state index contributed by atoms with van der Waals surface area (Å²) in [6.07, 6.45) is 2.18. The Bertz CT molecular complexity index is 1290. The number of likely N-dealkylation sites (tertiary alicyclic amines) is 1. The molecule has 0 spiro atoms. The lowest BCUT2D eigenvalue weighted by atomic mass is 9.82. The zero-order chi connectivity index (χ0) is 30.4. The minimum absolute atomic E-state index is 0.0501. The summed E-state index contributed by atoms with van der Waals surface area (Å²) in [5.74, 6) is 0.647. The molecular weight excluding hydrogens is 565 g/mol. The Labute approximate surface area is 248 Å². The molecule has 2 fully saturated rings. The van der Waals surface area contributed by atoms with E-state index in [9.17, 15) is 22.7 Å². The molecule has 1 N–H and O–H groups in total. The topological polar surface area (TPSA) is 109 Å². The van der Waals surface area contributed by atoms with Gasteiger partial charge in [0.25, 0.3) is 10.2 Å². The smallest absolute Gasteiger partial charge is 0.408 e. The van der Waals surface area contributed by atoms with Crippen molar-refractivity contribution < 1.29 is 36.9 Å². The van der Waals surface area contributed by atoms with Crippen LogP contribution in [0, 0.1) is 5.82 Å². The van der Waals surface area contributed by atoms with Gasteiger partial charge in [-0.05, 0) is 73.4 Å². The van der Waals surface area contributed by atoms with E-state index < -0.39 is 34.4 Å². The number of carboxylic acid groups (broad SMARTS) is 1. The molecule has 0 radical (unpaired) electrons. The molecule has 1 aliphatic heterocycles. The summed E-state index contributed by atoms with van der Waals surface area (Å²) in [6.45, 7) is 0.239. The van der Waals surface area contributed by atoms with E-state index in [1.54, 1.807) is 43.5 Å². The van der Waals surface area contributed by atoms with Gasteiger partial charge in [-0.2, -0.15) is 17.0 Å². The van der Waals surface area contributed by atoms with Crippen molar-refractivity contribution in [3.63, 3.8) is 0 Å². The summed E-state index contributed by atoms with van der Waals surface area (Å²) in [7, 11) is 2.05. The Kier molecular flexibility index (Phi) is 10.8. The Hall–Kier alpha value is -2.77. The van der Waals surface area contributed by atoms with Crippen molar-refractivity contribution >= 4 is 16.3 Å². The van der Waals surface area contributed by atoms with Crippen LogP contribution in [0.1, 0.15) is 49.1 Å². The van der Waals surface area contributed by atoms with E-state index in [0.29, 0.717) is 5.75 Å². The Morgan fingerprint density at radius 3 is 2.31 bits per heavy atom. The number of carbonyl (C=O) groups is 1. The van der Waals surface area contributed by atoms with Crippen molar-refractivity contribution in [3.8, 4) is 5.75 Å². The highest BCUT2D eigenvalue weighted by Gasteiger charge is 2.50. The van der Waals surface area contributed by atoms with E-state index in [0.717, 1.165) is 41.1 Å². The van der Waals surface area contributed by atoms with E-state index >= 15 is 0 Å². The van der Waals surface area contributed by atoms with Gasteiger partial charge in [-0.1, -0.05) is 24.3 Å². The van der Waals surface area contributed by atoms with E-state index in [-0.39, 0.29) is 44.0 Å². The van der Waals surface area contributed by atoms with Gasteiger partial charge in [-0.25, -0.2) is 9.18 Å². The van der Waals surface area contributed by atoms with Crippen LogP contribution < -0.4 is 4.74 Å². The fourth-order valence-corrected chi connectivity index (χ4v) is 7.49. The third kappa shape index (κ3) is 7.41. The van der Waals surface area contributed by atoms with Gasteiger partial charge in [-0.15, -0.1) is 0 Å². The quantitative estimate of drug-likeness (QED) is 0.383. The lowest BCUT2D eigenvalue weighted by Crippen LogP contribution is -2.54. The molecule has 1 aliphatic carbocycles. The maximum Gasteiger partial charge on any atom is 0.408 e. The second kappa shape index (κ2) is 14.1. The minimum atomic E-state index is -3.95. The average Bonchev–Trinajstić information content (AvgIpc) is 3.33. The first-order chi connectivity index (χ1) is 20.0. The van der Waals surface area contributed by atoms with Crippen LogP contribution in [0.2, 0.25) is 0 Å². The molecule has 232 valence electrons. The summed E-state index contributed by atoms with van der Waals surface area (Å²) in [4.78, 5) is 13.9. The van der Waals surface area contributed by atoms with Gasteiger partial charge in [-0.3, -0.25) is 4.90 Å². The third-order valence-corrected chi connectivity index (χ3v) is 10.3. The summed E-state index contributed by atoms with van der Waals surface area (Å²) >= 11 is 0. The number of hydrogen-bond acceptors (Lipinski definition) is 6. The Morgan fingerprint density at radius 1 is 1.05 bits per heavy atom. The predicted molar refractivity (Wildman–Crippen MR) is 156 cm³/mol. The predicted octanol–water partition coefficient (Wildman–Crippen LogP) is 4.32. The van der Waals surface area contributed by atoms with E-state index in [4.69, 9.17) is 14.2 Å². The van der Waals surface area contributed by atoms with Crippen LogP contribution in [-0.2, 0) is 26.2 Å². The van der Waals surface area contributed by atoms with Crippen LogP contribution in [0.4, 0.5) is 9.18 Å². The number of hydrogen-bond donors (Lipinski definition) is 1. The van der Waals surface area contributed by atoms with E-state index in [1.165, 1.54) is 36.5 Å². The van der Waals surface area contributed by atoms with Crippen molar-refractivity contribution in [2.75, 3.05) is 41.5 Å². The number of rotatable bonds is 12. The van der Waals surface area contributed by atoms with Crippen LogP contribution in [-0.4, -0.2) is 98.9 Å². The summed E-state index contributed by atoms with van der Waals surface area (Å²) < 4.78 is 60.6. The Morgan fingerprint density at radius 2 is 1.74 bits per heavy atom. The SMILES string of the molecule is COC[C@@H]1C[C@H](N(Cc2ccc(OC)cc2)S(=O)(=O)N(C)C)[C@H](CO[C@H]2CC[C@@H](c3cccc(F)c3)CC2)N1C(=O)O. The molecule has 1 saturated carbocycles. The first kappa shape index (κ1) is 32.2. The minimum Gasteiger partial charge on any atom is -0.497 e. The fraction of sp³-hybridized carbons (Fsp3) is 0.567. The lowest BCUT2D eigenvalue weighted by Gasteiger charge is -2.36. The molecule has 2 aliphatic rings. The second-order valence-electron chi connectivity index (χ2n) is 11.2. The monoisotopic (exact) mass is 607 g/mol. The maximum atomic E-state index is 13.7. The normalized spacial score (nSPS) is 24.8. The van der Waals surface area contributed by atoms with Gasteiger partial charge in [0, 0.05) is 27.7 Å². The summed E-state index contributed by atoms with van der Waals surface area (Å²) in [6, 6.07) is 11.9. The van der Waals surface area contributed by atoms with Crippen molar-refractivity contribution in [1.82, 2.24) is 13.5 Å². The van der Waals surface area contributed by atoms with Crippen LogP contribution in [0.3, 0.4) is 0 Å². The van der Waals surface area contributed by atoms with Crippen LogP contribution in [0.15, 0.2) is 48.5 Å². The first-order valence-electron chi connectivity index (χ1n) is 14.2. The van der Waals surface area contributed by atoms with Gasteiger partial charge >= 0.3 is 6.09 Å². The highest BCUT2D eigenvalue weighted by atomic mass is 32.2. The van der Waals surface area contributed by atoms with Gasteiger partial charge in [0.15, 0.2) is 0 Å². The Balaban J connectivity index is 1.56. The van der Waals surface area contributed by atoms with Crippen LogP contribution >= 0.6 is 0 Å². The van der Waals surface area contributed by atoms with Crippen molar-refractivity contribution in [2.45, 2.75) is 68.8 Å². The molecule has 3 atom stereocenters. The number of halogens is 1. The standard InChI is InChI=1S/C30H42FN3O7S/c1-32(2)42(37,38)33(18-21-8-12-26(40-4)13-9-21)28-17-25(19-39-3)34(30(35)36)29(28)20-41-27-14-10-22(11-15-27)23-6-5-7-24(31)16-23/h5-9,12-13,16,22,25,27-29H,10-11,14-15,17-20H2,1-4H3,(H,35,36)/t22-,25-,27+,28-,29-/m0/s1. The molecular formula is C30H42FN3O7S. The highest BCUT2D eigenvalue weighted by Crippen LogP contribution is 2.36. The summed E-state index contributed by atoms with van der Waals surface area (Å²) in [5, 5.41) is 10.3. The van der Waals surface area contributed by atoms with Gasteiger partial charge in [0.05, 0.1) is 44.6 Å². The molecule has 0 bridgehead atoms. The lowest BCUT2D eigenvalue weighted by molar-refractivity contribution is -0.0163. The van der Waals surface area contributed by atoms with E-state index in [2.05, 4.69) is 0 Å². The van der Waals surface area contributed by atoms with E-state index in [1.807, 2.05) is 6.07 Å². The number of methoxy groups -OCH3 is 2. The fourth-order valence-electron chi connectivity index (χ4n) is 6.19. The van der Waals surface area contributed by atoms with Crippen molar-refractivity contribution in [2.24, 2.45) is 0 Å². The van der Waals surface area contributed by atoms with Crippen LogP contribution in [0.25, 0.3) is 0 Å². The van der Waals surface area contributed by atoms with Crippen molar-refractivity contribution in [3.05, 3.63) is 65.5 Å². The molecule has 1 amide bonds. The van der Waals surface area contributed by atoms with Gasteiger partial charge < -0.3 is 19.3 Å². The molecule has 10 nitrogen and oxygen atoms in total. The maximum absolute atomic E-state index is 13.7. The first-order valence-corrected chi connectivity index (χ1v) is 15.6. The molecule has 2 aromatic carbocycles. The summed E-state index contributed by atoms with van der Waals surface area (Å²) in [5.41, 5.74) is 1.72. The largest absolute Gasteiger partial charge is 0.497 e. The average molecular weight is 608 g/mol.